The molecule has 4 nitrogen and oxygen atoms in total. The van der Waals surface area contributed by atoms with Crippen LogP contribution in [0.15, 0.2) is 29.2 Å². The van der Waals surface area contributed by atoms with Gasteiger partial charge in [0.1, 0.15) is 0 Å². The van der Waals surface area contributed by atoms with Gasteiger partial charge in [0.2, 0.25) is 10.0 Å². The number of nitrogens with one attached hydrogen (secondary N) is 1. The van der Waals surface area contributed by atoms with Crippen LogP contribution >= 0.6 is 12.4 Å². The Bertz CT molecular complexity index is 496. The molecule has 1 fully saturated rings. The van der Waals surface area contributed by atoms with Crippen LogP contribution in [0.5, 0.6) is 0 Å². The number of benzene rings is 1. The Labute approximate surface area is 121 Å². The molecule has 19 heavy (non-hydrogen) atoms. The predicted octanol–water partition coefficient (Wildman–Crippen LogP) is 1.65. The van der Waals surface area contributed by atoms with Crippen LogP contribution in [0.3, 0.4) is 0 Å². The molecule has 0 amide bonds. The van der Waals surface area contributed by atoms with Gasteiger partial charge < -0.3 is 5.32 Å². The first-order valence-corrected chi connectivity index (χ1v) is 7.77. The first-order valence-electron chi connectivity index (χ1n) is 6.33. The van der Waals surface area contributed by atoms with Crippen molar-refractivity contribution in [2.75, 3.05) is 20.1 Å². The lowest BCUT2D eigenvalue weighted by Gasteiger charge is -2.23. The topological polar surface area (TPSA) is 49.4 Å². The van der Waals surface area contributed by atoms with Crippen LogP contribution in [0.1, 0.15) is 18.9 Å². The molecule has 1 N–H and O–H groups in total. The first kappa shape index (κ1) is 16.4. The lowest BCUT2D eigenvalue weighted by Crippen LogP contribution is -2.38. The van der Waals surface area contributed by atoms with Gasteiger partial charge in [0, 0.05) is 19.6 Å². The molecule has 1 aliphatic rings. The third kappa shape index (κ3) is 3.48. The van der Waals surface area contributed by atoms with Crippen molar-refractivity contribution in [3.63, 3.8) is 0 Å². The molecular formula is C13H21ClN2O2S. The van der Waals surface area contributed by atoms with Crippen molar-refractivity contribution in [2.24, 2.45) is 0 Å². The minimum atomic E-state index is -3.35. The number of hydrogen-bond acceptors (Lipinski definition) is 3. The molecule has 1 unspecified atom stereocenters. The number of nitrogens with zero attached hydrogens (tertiary/aromatic N) is 1. The summed E-state index contributed by atoms with van der Waals surface area (Å²) in [7, 11) is -1.69. The fraction of sp³-hybridized carbons (Fsp3) is 0.538. The van der Waals surface area contributed by atoms with Gasteiger partial charge in [-0.05, 0) is 37.1 Å². The molecule has 1 atom stereocenters. The van der Waals surface area contributed by atoms with E-state index in [4.69, 9.17) is 0 Å². The Morgan fingerprint density at radius 3 is 2.42 bits per heavy atom. The summed E-state index contributed by atoms with van der Waals surface area (Å²) < 4.78 is 26.3. The third-order valence-corrected chi connectivity index (χ3v) is 5.48. The molecule has 6 heteroatoms. The van der Waals surface area contributed by atoms with Gasteiger partial charge in [-0.2, -0.15) is 4.31 Å². The lowest BCUT2D eigenvalue weighted by molar-refractivity contribution is 0.388. The van der Waals surface area contributed by atoms with Gasteiger partial charge in [0.05, 0.1) is 4.90 Å². The normalized spacial score (nSPS) is 19.4. The van der Waals surface area contributed by atoms with E-state index < -0.39 is 10.0 Å². The number of likely N-dealkylation sites (N-methyl/N-ethyl adjacent to an activating group) is 1. The summed E-state index contributed by atoms with van der Waals surface area (Å²) in [6, 6.07) is 7.24. The van der Waals surface area contributed by atoms with Gasteiger partial charge in [0.15, 0.2) is 0 Å². The Morgan fingerprint density at radius 1 is 1.32 bits per heavy atom. The summed E-state index contributed by atoms with van der Waals surface area (Å²) in [6.45, 7) is 3.68. The van der Waals surface area contributed by atoms with E-state index >= 15 is 0 Å². The van der Waals surface area contributed by atoms with Crippen molar-refractivity contribution in [3.8, 4) is 0 Å². The number of aryl methyl sites for hydroxylation is 1. The SMILES string of the molecule is CCc1ccc(S(=O)(=O)N(C)C2CCNC2)cc1.Cl. The monoisotopic (exact) mass is 304 g/mol. The molecule has 108 valence electrons. The van der Waals surface area contributed by atoms with Gasteiger partial charge in [0.25, 0.3) is 0 Å². The van der Waals surface area contributed by atoms with Gasteiger partial charge in [-0.25, -0.2) is 8.42 Å². The van der Waals surface area contributed by atoms with Crippen molar-refractivity contribution in [1.29, 1.82) is 0 Å². The Kier molecular flexibility index (Phi) is 5.80. The fourth-order valence-electron chi connectivity index (χ4n) is 2.21. The highest BCUT2D eigenvalue weighted by Crippen LogP contribution is 2.19. The van der Waals surface area contributed by atoms with E-state index in [-0.39, 0.29) is 18.4 Å². The lowest BCUT2D eigenvalue weighted by atomic mass is 10.2. The maximum absolute atomic E-state index is 12.4. The van der Waals surface area contributed by atoms with Crippen molar-refractivity contribution >= 4 is 22.4 Å². The molecule has 1 aromatic carbocycles. The van der Waals surface area contributed by atoms with Crippen molar-refractivity contribution in [3.05, 3.63) is 29.8 Å². The van der Waals surface area contributed by atoms with Gasteiger partial charge >= 0.3 is 0 Å². The van der Waals surface area contributed by atoms with Crippen LogP contribution in [0.25, 0.3) is 0 Å². The molecule has 0 aliphatic carbocycles. The summed E-state index contributed by atoms with van der Waals surface area (Å²) in [6.07, 6.45) is 1.80. The molecule has 1 aromatic rings. The van der Waals surface area contributed by atoms with E-state index in [1.54, 1.807) is 19.2 Å². The summed E-state index contributed by atoms with van der Waals surface area (Å²) in [5, 5.41) is 3.19. The largest absolute Gasteiger partial charge is 0.315 e. The number of rotatable bonds is 4. The standard InChI is InChI=1S/C13H20N2O2S.ClH/c1-3-11-4-6-13(7-5-11)18(16,17)15(2)12-8-9-14-10-12;/h4-7,12,14H,3,8-10H2,1-2H3;1H. The Morgan fingerprint density at radius 2 is 1.95 bits per heavy atom. The minimum absolute atomic E-state index is 0. The van der Waals surface area contributed by atoms with Crippen molar-refractivity contribution < 1.29 is 8.42 Å². The molecule has 0 spiro atoms. The van der Waals surface area contributed by atoms with Crippen LogP contribution in [0.4, 0.5) is 0 Å². The predicted molar refractivity (Wildman–Crippen MR) is 79.3 cm³/mol. The molecule has 1 heterocycles. The van der Waals surface area contributed by atoms with Crippen molar-refractivity contribution in [1.82, 2.24) is 9.62 Å². The van der Waals surface area contributed by atoms with Crippen LogP contribution in [-0.4, -0.2) is 38.9 Å². The van der Waals surface area contributed by atoms with Crippen LogP contribution < -0.4 is 5.32 Å². The van der Waals surface area contributed by atoms with E-state index in [2.05, 4.69) is 12.2 Å². The molecule has 1 saturated heterocycles. The average Bonchev–Trinajstić information content (AvgIpc) is 2.91. The molecule has 0 saturated carbocycles. The molecule has 0 bridgehead atoms. The number of halogens is 1. The fourth-order valence-corrected chi connectivity index (χ4v) is 3.59. The van der Waals surface area contributed by atoms with E-state index in [9.17, 15) is 8.42 Å². The summed E-state index contributed by atoms with van der Waals surface area (Å²) >= 11 is 0. The van der Waals surface area contributed by atoms with Gasteiger partial charge in [-0.3, -0.25) is 0 Å². The summed E-state index contributed by atoms with van der Waals surface area (Å²) in [4.78, 5) is 0.383. The maximum atomic E-state index is 12.4. The summed E-state index contributed by atoms with van der Waals surface area (Å²) in [5.41, 5.74) is 1.15. The number of sulfonamides is 1. The molecule has 1 aliphatic heterocycles. The molecule has 2 rings (SSSR count). The number of hydrogen-bond donors (Lipinski definition) is 1. The van der Waals surface area contributed by atoms with E-state index in [1.807, 2.05) is 12.1 Å². The average molecular weight is 305 g/mol. The zero-order chi connectivity index (χ0) is 13.2. The Balaban J connectivity index is 0.00000180. The van der Waals surface area contributed by atoms with Gasteiger partial charge in [-0.1, -0.05) is 19.1 Å². The zero-order valence-electron chi connectivity index (χ0n) is 11.3. The van der Waals surface area contributed by atoms with E-state index in [0.717, 1.165) is 31.5 Å². The Hall–Kier alpha value is -0.620. The van der Waals surface area contributed by atoms with Crippen LogP contribution in [-0.2, 0) is 16.4 Å². The maximum Gasteiger partial charge on any atom is 0.243 e. The molecule has 0 radical (unpaired) electrons. The van der Waals surface area contributed by atoms with Crippen LogP contribution in [0.2, 0.25) is 0 Å². The highest BCUT2D eigenvalue weighted by atomic mass is 35.5. The third-order valence-electron chi connectivity index (χ3n) is 3.56. The highest BCUT2D eigenvalue weighted by Gasteiger charge is 2.29. The van der Waals surface area contributed by atoms with Crippen molar-refractivity contribution in [2.45, 2.75) is 30.7 Å². The van der Waals surface area contributed by atoms with Crippen LogP contribution in [0, 0.1) is 0 Å². The summed E-state index contributed by atoms with van der Waals surface area (Å²) in [5.74, 6) is 0. The highest BCUT2D eigenvalue weighted by molar-refractivity contribution is 7.89. The second-order valence-corrected chi connectivity index (χ2v) is 6.66. The first-order chi connectivity index (χ1) is 8.55. The molecular weight excluding hydrogens is 284 g/mol. The van der Waals surface area contributed by atoms with E-state index in [1.165, 1.54) is 4.31 Å². The second-order valence-electron chi connectivity index (χ2n) is 4.67. The zero-order valence-corrected chi connectivity index (χ0v) is 12.9. The molecule has 0 aromatic heterocycles. The quantitative estimate of drug-likeness (QED) is 0.920. The second kappa shape index (κ2) is 6.70. The van der Waals surface area contributed by atoms with Gasteiger partial charge in [-0.15, -0.1) is 12.4 Å². The van der Waals surface area contributed by atoms with E-state index in [0.29, 0.717) is 4.90 Å². The smallest absolute Gasteiger partial charge is 0.243 e. The minimum Gasteiger partial charge on any atom is -0.315 e.